The molecule has 2 aliphatic heterocycles. The van der Waals surface area contributed by atoms with E-state index >= 15 is 0 Å². The molecule has 1 aromatic carbocycles. The second kappa shape index (κ2) is 12.4. The van der Waals surface area contributed by atoms with E-state index in [1.165, 1.54) is 32.2 Å². The molecule has 6 nitrogen and oxygen atoms in total. The summed E-state index contributed by atoms with van der Waals surface area (Å²) in [6.45, 7) is 7.08. The van der Waals surface area contributed by atoms with Crippen molar-refractivity contribution < 1.29 is 4.79 Å². The molecule has 2 saturated heterocycles. The molecule has 2 aliphatic rings. The minimum Gasteiger partial charge on any atom is -0.356 e. The number of likely N-dealkylation sites (tertiary alicyclic amines) is 1. The summed E-state index contributed by atoms with van der Waals surface area (Å²) >= 11 is 1.64. The first-order valence-corrected chi connectivity index (χ1v) is 13.4. The number of rotatable bonds is 9. The molecule has 7 heteroatoms. The summed E-state index contributed by atoms with van der Waals surface area (Å²) in [5, 5.41) is 4.13. The maximum Gasteiger partial charge on any atom is 0.223 e. The van der Waals surface area contributed by atoms with Gasteiger partial charge >= 0.3 is 0 Å². The van der Waals surface area contributed by atoms with Crippen molar-refractivity contribution in [3.05, 3.63) is 42.7 Å². The summed E-state index contributed by atoms with van der Waals surface area (Å²) in [6, 6.07) is 11.0. The number of anilines is 1. The Hall–Kier alpha value is -2.12. The summed E-state index contributed by atoms with van der Waals surface area (Å²) < 4.78 is 0. The third-order valence-electron chi connectivity index (χ3n) is 6.91. The number of nitrogens with zero attached hydrogens (tertiary/aromatic N) is 4. The average Bonchev–Trinajstić information content (AvgIpc) is 2.88. The number of nitrogens with one attached hydrogen (secondary N) is 1. The van der Waals surface area contributed by atoms with Crippen LogP contribution in [0.3, 0.4) is 0 Å². The molecule has 0 spiro atoms. The van der Waals surface area contributed by atoms with E-state index in [9.17, 15) is 4.79 Å². The van der Waals surface area contributed by atoms with Crippen LogP contribution in [0.1, 0.15) is 51.9 Å². The summed E-state index contributed by atoms with van der Waals surface area (Å²) in [7, 11) is 0. The van der Waals surface area contributed by atoms with E-state index in [1.807, 2.05) is 18.2 Å². The Kier molecular flexibility index (Phi) is 9.01. The Morgan fingerprint density at radius 1 is 1.06 bits per heavy atom. The molecule has 1 unspecified atom stereocenters. The minimum atomic E-state index is 0.0986. The lowest BCUT2D eigenvalue weighted by Crippen LogP contribution is -2.43. The molecule has 0 saturated carbocycles. The van der Waals surface area contributed by atoms with Gasteiger partial charge < -0.3 is 15.1 Å². The standard InChI is InChI=1S/C26H37N5OS/c1-2-22-9-6-7-17-30(22)18-8-14-28-25(32)21-12-19-31(20-13-21)24-26(29-16-15-27-24)33-23-10-4-3-5-11-23/h3-5,10-11,15-16,21-22H,2,6-9,12-14,17-20H2,1H3,(H,28,32). The third kappa shape index (κ3) is 6.70. The van der Waals surface area contributed by atoms with Gasteiger partial charge in [-0.25, -0.2) is 9.97 Å². The van der Waals surface area contributed by atoms with E-state index in [-0.39, 0.29) is 11.8 Å². The van der Waals surface area contributed by atoms with Crippen molar-refractivity contribution in [1.29, 1.82) is 0 Å². The van der Waals surface area contributed by atoms with E-state index < -0.39 is 0 Å². The predicted molar refractivity (Wildman–Crippen MR) is 135 cm³/mol. The molecule has 0 radical (unpaired) electrons. The van der Waals surface area contributed by atoms with Crippen LogP contribution in [0, 0.1) is 5.92 Å². The average molecular weight is 468 g/mol. The van der Waals surface area contributed by atoms with Crippen LogP contribution in [-0.4, -0.2) is 59.5 Å². The molecule has 33 heavy (non-hydrogen) atoms. The fourth-order valence-corrected chi connectivity index (χ4v) is 5.92. The van der Waals surface area contributed by atoms with Crippen molar-refractivity contribution >= 4 is 23.5 Å². The van der Waals surface area contributed by atoms with E-state index in [2.05, 4.69) is 44.1 Å². The van der Waals surface area contributed by atoms with Crippen molar-refractivity contribution in [3.8, 4) is 0 Å². The van der Waals surface area contributed by atoms with Gasteiger partial charge in [0.05, 0.1) is 0 Å². The van der Waals surface area contributed by atoms with E-state index in [0.717, 1.165) is 67.2 Å². The van der Waals surface area contributed by atoms with Gasteiger partial charge in [-0.1, -0.05) is 43.3 Å². The lowest BCUT2D eigenvalue weighted by Gasteiger charge is -2.35. The highest BCUT2D eigenvalue weighted by Crippen LogP contribution is 2.33. The van der Waals surface area contributed by atoms with Crippen molar-refractivity contribution in [2.24, 2.45) is 5.92 Å². The van der Waals surface area contributed by atoms with Crippen LogP contribution < -0.4 is 10.2 Å². The molecule has 1 N–H and O–H groups in total. The first-order chi connectivity index (χ1) is 16.2. The highest BCUT2D eigenvalue weighted by Gasteiger charge is 2.27. The maximum absolute atomic E-state index is 12.7. The first-order valence-electron chi connectivity index (χ1n) is 12.5. The largest absolute Gasteiger partial charge is 0.356 e. The molecule has 2 fully saturated rings. The minimum absolute atomic E-state index is 0.0986. The van der Waals surface area contributed by atoms with Crippen LogP contribution in [-0.2, 0) is 4.79 Å². The van der Waals surface area contributed by atoms with Crippen LogP contribution in [0.5, 0.6) is 0 Å². The van der Waals surface area contributed by atoms with E-state index in [0.29, 0.717) is 0 Å². The smallest absolute Gasteiger partial charge is 0.223 e. The molecule has 0 bridgehead atoms. The second-order valence-corrected chi connectivity index (χ2v) is 10.2. The van der Waals surface area contributed by atoms with Crippen LogP contribution in [0.4, 0.5) is 5.82 Å². The number of benzene rings is 1. The Bertz CT molecular complexity index is 872. The second-order valence-electron chi connectivity index (χ2n) is 9.10. The number of carbonyl (C=O) groups excluding carboxylic acids is 1. The van der Waals surface area contributed by atoms with E-state index in [1.54, 1.807) is 24.2 Å². The fraction of sp³-hybridized carbons (Fsp3) is 0.577. The van der Waals surface area contributed by atoms with Crippen molar-refractivity contribution in [2.45, 2.75) is 67.8 Å². The highest BCUT2D eigenvalue weighted by molar-refractivity contribution is 7.99. The van der Waals surface area contributed by atoms with E-state index in [4.69, 9.17) is 0 Å². The Balaban J connectivity index is 1.22. The maximum atomic E-state index is 12.7. The molecular formula is C26H37N5OS. The third-order valence-corrected chi connectivity index (χ3v) is 7.90. The van der Waals surface area contributed by atoms with Crippen LogP contribution in [0.15, 0.2) is 52.6 Å². The van der Waals surface area contributed by atoms with Gasteiger partial charge in [0, 0.05) is 55.4 Å². The quantitative estimate of drug-likeness (QED) is 0.543. The zero-order valence-electron chi connectivity index (χ0n) is 19.8. The number of aromatic nitrogens is 2. The zero-order valence-corrected chi connectivity index (χ0v) is 20.6. The number of carbonyl (C=O) groups is 1. The molecule has 1 atom stereocenters. The topological polar surface area (TPSA) is 61.4 Å². The monoisotopic (exact) mass is 467 g/mol. The van der Waals surface area contributed by atoms with Gasteiger partial charge in [0.15, 0.2) is 5.82 Å². The van der Waals surface area contributed by atoms with Crippen molar-refractivity contribution in [2.75, 3.05) is 37.6 Å². The summed E-state index contributed by atoms with van der Waals surface area (Å²) in [4.78, 5) is 28.0. The van der Waals surface area contributed by atoms with Crippen LogP contribution >= 0.6 is 11.8 Å². The highest BCUT2D eigenvalue weighted by atomic mass is 32.2. The lowest BCUT2D eigenvalue weighted by atomic mass is 9.96. The Morgan fingerprint density at radius 3 is 2.64 bits per heavy atom. The van der Waals surface area contributed by atoms with Crippen molar-refractivity contribution in [3.63, 3.8) is 0 Å². The first kappa shape index (κ1) is 24.0. The summed E-state index contributed by atoms with van der Waals surface area (Å²) in [6.07, 6.45) is 11.5. The Morgan fingerprint density at radius 2 is 1.85 bits per heavy atom. The molecule has 3 heterocycles. The SMILES string of the molecule is CCC1CCCCN1CCCNC(=O)C1CCN(c2nccnc2Sc2ccccc2)CC1. The van der Waals surface area contributed by atoms with Crippen LogP contribution in [0.2, 0.25) is 0 Å². The number of piperidine rings is 2. The molecule has 2 aromatic rings. The molecule has 1 aromatic heterocycles. The molecule has 1 amide bonds. The molecule has 4 rings (SSSR count). The normalized spacial score (nSPS) is 20.0. The number of amides is 1. The van der Waals surface area contributed by atoms with Gasteiger partial charge in [-0.15, -0.1) is 0 Å². The molecule has 0 aliphatic carbocycles. The van der Waals surface area contributed by atoms with Crippen LogP contribution in [0.25, 0.3) is 0 Å². The van der Waals surface area contributed by atoms with Gasteiger partial charge in [0.25, 0.3) is 0 Å². The molecular weight excluding hydrogens is 430 g/mol. The molecule has 178 valence electrons. The lowest BCUT2D eigenvalue weighted by molar-refractivity contribution is -0.125. The Labute approximate surface area is 202 Å². The van der Waals surface area contributed by atoms with Gasteiger partial charge in [-0.3, -0.25) is 4.79 Å². The predicted octanol–water partition coefficient (Wildman–Crippen LogP) is 4.62. The number of hydrogen-bond donors (Lipinski definition) is 1. The number of hydrogen-bond acceptors (Lipinski definition) is 6. The van der Waals surface area contributed by atoms with Gasteiger partial charge in [0.2, 0.25) is 5.91 Å². The van der Waals surface area contributed by atoms with Gasteiger partial charge in [0.1, 0.15) is 5.03 Å². The zero-order chi connectivity index (χ0) is 22.9. The summed E-state index contributed by atoms with van der Waals surface area (Å²) in [5.74, 6) is 1.25. The summed E-state index contributed by atoms with van der Waals surface area (Å²) in [5.41, 5.74) is 0. The fourth-order valence-electron chi connectivity index (χ4n) is 5.02. The van der Waals surface area contributed by atoms with Gasteiger partial charge in [-0.2, -0.15) is 0 Å². The van der Waals surface area contributed by atoms with Gasteiger partial charge in [-0.05, 0) is 57.2 Å². The van der Waals surface area contributed by atoms with Crippen molar-refractivity contribution in [1.82, 2.24) is 20.2 Å².